The van der Waals surface area contributed by atoms with Crippen LogP contribution in [-0.2, 0) is 14.4 Å². The first-order valence-corrected chi connectivity index (χ1v) is 9.68. The lowest BCUT2D eigenvalue weighted by molar-refractivity contribution is -0.138. The van der Waals surface area contributed by atoms with Crippen LogP contribution in [0, 0.1) is 5.92 Å². The fourth-order valence-electron chi connectivity index (χ4n) is 4.46. The van der Waals surface area contributed by atoms with Crippen LogP contribution in [0.15, 0.2) is 18.2 Å². The highest BCUT2D eigenvalue weighted by Crippen LogP contribution is 2.36. The average Bonchev–Trinajstić information content (AvgIpc) is 2.93. The molecule has 0 radical (unpaired) electrons. The Morgan fingerprint density at radius 3 is 2.66 bits per heavy atom. The Morgan fingerprint density at radius 2 is 1.93 bits per heavy atom. The molecule has 2 unspecified atom stereocenters. The predicted octanol–water partition coefficient (Wildman–Crippen LogP) is 0.779. The standard InChI is InChI=1S/C20H21N3O6/c24-15-7-6-14(18(27)21-15)23-19(28)12-4-1-5-13(17(12)20(23)29)22-8-2-3-11(10-22)9-16(25)26/h1,4-5,11,14H,2-3,6-10H2,(H,25,26)(H,21,24,27). The molecule has 0 saturated carbocycles. The van der Waals surface area contributed by atoms with E-state index in [1.54, 1.807) is 18.2 Å². The largest absolute Gasteiger partial charge is 0.481 e. The maximum absolute atomic E-state index is 13.2. The van der Waals surface area contributed by atoms with E-state index in [9.17, 15) is 24.0 Å². The molecule has 4 rings (SSSR count). The number of fused-ring (bicyclic) bond motifs is 1. The van der Waals surface area contributed by atoms with Gasteiger partial charge in [-0.05, 0) is 37.3 Å². The maximum Gasteiger partial charge on any atom is 0.303 e. The predicted molar refractivity (Wildman–Crippen MR) is 100 cm³/mol. The number of nitrogens with one attached hydrogen (secondary N) is 1. The number of carboxylic acid groups (broad SMARTS) is 1. The number of hydrogen-bond acceptors (Lipinski definition) is 6. The van der Waals surface area contributed by atoms with Gasteiger partial charge in [0.15, 0.2) is 0 Å². The summed E-state index contributed by atoms with van der Waals surface area (Å²) in [7, 11) is 0. The van der Waals surface area contributed by atoms with Crippen molar-refractivity contribution in [2.75, 3.05) is 18.0 Å². The third kappa shape index (κ3) is 3.37. The number of anilines is 1. The Labute approximate surface area is 166 Å². The average molecular weight is 399 g/mol. The van der Waals surface area contributed by atoms with E-state index in [2.05, 4.69) is 5.32 Å². The minimum Gasteiger partial charge on any atom is -0.481 e. The van der Waals surface area contributed by atoms with Gasteiger partial charge >= 0.3 is 5.97 Å². The number of benzene rings is 1. The number of rotatable bonds is 4. The summed E-state index contributed by atoms with van der Waals surface area (Å²) >= 11 is 0. The molecule has 29 heavy (non-hydrogen) atoms. The third-order valence-electron chi connectivity index (χ3n) is 5.77. The number of piperidine rings is 2. The van der Waals surface area contributed by atoms with E-state index < -0.39 is 35.6 Å². The van der Waals surface area contributed by atoms with Crippen LogP contribution < -0.4 is 10.2 Å². The van der Waals surface area contributed by atoms with Gasteiger partial charge in [-0.2, -0.15) is 0 Å². The van der Waals surface area contributed by atoms with Crippen LogP contribution in [0.3, 0.4) is 0 Å². The van der Waals surface area contributed by atoms with Crippen molar-refractivity contribution in [3.63, 3.8) is 0 Å². The molecule has 9 nitrogen and oxygen atoms in total. The number of carbonyl (C=O) groups is 5. The summed E-state index contributed by atoms with van der Waals surface area (Å²) in [6.45, 7) is 1.15. The van der Waals surface area contributed by atoms with E-state index in [0.29, 0.717) is 18.8 Å². The van der Waals surface area contributed by atoms with Crippen LogP contribution in [0.1, 0.15) is 52.8 Å². The Bertz CT molecular complexity index is 927. The van der Waals surface area contributed by atoms with Crippen LogP contribution in [-0.4, -0.2) is 58.7 Å². The third-order valence-corrected chi connectivity index (χ3v) is 5.77. The van der Waals surface area contributed by atoms with Gasteiger partial charge in [-0.3, -0.25) is 34.2 Å². The van der Waals surface area contributed by atoms with E-state index in [-0.39, 0.29) is 36.3 Å². The molecular formula is C20H21N3O6. The first-order chi connectivity index (χ1) is 13.9. The Kier molecular flexibility index (Phi) is 4.81. The zero-order valence-corrected chi connectivity index (χ0v) is 15.7. The Hall–Kier alpha value is -3.23. The molecule has 4 amide bonds. The monoisotopic (exact) mass is 399 g/mol. The molecule has 2 N–H and O–H groups in total. The molecule has 0 spiro atoms. The van der Waals surface area contributed by atoms with E-state index in [0.717, 1.165) is 17.7 Å². The highest BCUT2D eigenvalue weighted by molar-refractivity contribution is 6.25. The smallest absolute Gasteiger partial charge is 0.303 e. The molecule has 0 aromatic heterocycles. The first-order valence-electron chi connectivity index (χ1n) is 9.68. The van der Waals surface area contributed by atoms with Crippen molar-refractivity contribution in [1.82, 2.24) is 10.2 Å². The van der Waals surface area contributed by atoms with Gasteiger partial charge in [-0.25, -0.2) is 0 Å². The minimum atomic E-state index is -1.01. The lowest BCUT2D eigenvalue weighted by Gasteiger charge is -2.34. The number of amides is 4. The SMILES string of the molecule is O=C(O)CC1CCCN(c2cccc3c2C(=O)N(C2CCC(=O)NC2=O)C3=O)C1. The van der Waals surface area contributed by atoms with Gasteiger partial charge in [0.1, 0.15) is 6.04 Å². The van der Waals surface area contributed by atoms with Crippen molar-refractivity contribution in [1.29, 1.82) is 0 Å². The number of carboxylic acids is 1. The molecule has 2 fully saturated rings. The first kappa shape index (κ1) is 19.1. The van der Waals surface area contributed by atoms with Crippen molar-refractivity contribution in [2.45, 2.75) is 38.1 Å². The van der Waals surface area contributed by atoms with Crippen LogP contribution >= 0.6 is 0 Å². The fourth-order valence-corrected chi connectivity index (χ4v) is 4.46. The van der Waals surface area contributed by atoms with Crippen molar-refractivity contribution in [3.8, 4) is 0 Å². The molecule has 2 saturated heterocycles. The second-order valence-corrected chi connectivity index (χ2v) is 7.70. The van der Waals surface area contributed by atoms with Crippen LogP contribution in [0.4, 0.5) is 5.69 Å². The van der Waals surface area contributed by atoms with Gasteiger partial charge in [0.25, 0.3) is 11.8 Å². The summed E-state index contributed by atoms with van der Waals surface area (Å²) in [5.41, 5.74) is 1.07. The molecule has 1 aromatic rings. The van der Waals surface area contributed by atoms with Crippen molar-refractivity contribution in [3.05, 3.63) is 29.3 Å². The topological polar surface area (TPSA) is 124 Å². The summed E-state index contributed by atoms with van der Waals surface area (Å²) in [6, 6.07) is 3.99. The van der Waals surface area contributed by atoms with Crippen molar-refractivity contribution < 1.29 is 29.1 Å². The number of nitrogens with zero attached hydrogens (tertiary/aromatic N) is 2. The lowest BCUT2D eigenvalue weighted by atomic mass is 9.93. The number of carbonyl (C=O) groups excluding carboxylic acids is 4. The number of aliphatic carboxylic acids is 1. The maximum atomic E-state index is 13.2. The molecule has 9 heteroatoms. The quantitative estimate of drug-likeness (QED) is 0.717. The summed E-state index contributed by atoms with van der Waals surface area (Å²) in [5.74, 6) is -3.03. The van der Waals surface area contributed by atoms with Gasteiger partial charge in [0.2, 0.25) is 11.8 Å². The van der Waals surface area contributed by atoms with Gasteiger partial charge in [0, 0.05) is 25.9 Å². The van der Waals surface area contributed by atoms with E-state index >= 15 is 0 Å². The van der Waals surface area contributed by atoms with Crippen LogP contribution in [0.2, 0.25) is 0 Å². The normalized spacial score (nSPS) is 24.6. The summed E-state index contributed by atoms with van der Waals surface area (Å²) in [5, 5.41) is 11.3. The summed E-state index contributed by atoms with van der Waals surface area (Å²) in [4.78, 5) is 63.7. The molecule has 3 aliphatic rings. The molecule has 1 aromatic carbocycles. The summed E-state index contributed by atoms with van der Waals surface area (Å²) in [6.07, 6.45) is 1.82. The van der Waals surface area contributed by atoms with Crippen LogP contribution in [0.25, 0.3) is 0 Å². The molecular weight excluding hydrogens is 378 g/mol. The van der Waals surface area contributed by atoms with Gasteiger partial charge in [0.05, 0.1) is 16.8 Å². The molecule has 152 valence electrons. The minimum absolute atomic E-state index is 0.0319. The zero-order valence-electron chi connectivity index (χ0n) is 15.7. The molecule has 0 bridgehead atoms. The zero-order chi connectivity index (χ0) is 20.7. The molecule has 3 heterocycles. The van der Waals surface area contributed by atoms with E-state index in [4.69, 9.17) is 5.11 Å². The Morgan fingerprint density at radius 1 is 1.14 bits per heavy atom. The van der Waals surface area contributed by atoms with Gasteiger partial charge in [-0.1, -0.05) is 6.07 Å². The molecule has 2 atom stereocenters. The molecule has 3 aliphatic heterocycles. The second-order valence-electron chi connectivity index (χ2n) is 7.70. The fraction of sp³-hybridized carbons (Fsp3) is 0.450. The number of imide groups is 2. The Balaban J connectivity index is 1.64. The molecule has 0 aliphatic carbocycles. The highest BCUT2D eigenvalue weighted by atomic mass is 16.4. The van der Waals surface area contributed by atoms with Crippen LogP contribution in [0.5, 0.6) is 0 Å². The summed E-state index contributed by atoms with van der Waals surface area (Å²) < 4.78 is 0. The van der Waals surface area contributed by atoms with E-state index in [1.165, 1.54) is 0 Å². The number of hydrogen-bond donors (Lipinski definition) is 2. The van der Waals surface area contributed by atoms with Crippen molar-refractivity contribution >= 4 is 35.3 Å². The van der Waals surface area contributed by atoms with Crippen molar-refractivity contribution in [2.24, 2.45) is 5.92 Å². The second kappa shape index (κ2) is 7.31. The van der Waals surface area contributed by atoms with Gasteiger partial charge in [-0.15, -0.1) is 0 Å². The highest BCUT2D eigenvalue weighted by Gasteiger charge is 2.46. The van der Waals surface area contributed by atoms with Gasteiger partial charge < -0.3 is 10.0 Å². The van der Waals surface area contributed by atoms with E-state index in [1.807, 2.05) is 4.90 Å². The lowest BCUT2D eigenvalue weighted by Crippen LogP contribution is -2.54.